The fourth-order valence-electron chi connectivity index (χ4n) is 1.70. The van der Waals surface area contributed by atoms with Crippen molar-refractivity contribution in [2.24, 2.45) is 0 Å². The number of H-pyrrole nitrogens is 1. The van der Waals surface area contributed by atoms with Gasteiger partial charge in [0.2, 0.25) is 0 Å². The number of aromatic amines is 1. The molecule has 21 heavy (non-hydrogen) atoms. The molecule has 8 heteroatoms. The first-order valence-electron chi connectivity index (χ1n) is 6.05. The molecule has 0 unspecified atom stereocenters. The molecule has 8 nitrogen and oxygen atoms in total. The van der Waals surface area contributed by atoms with Crippen molar-refractivity contribution >= 4 is 22.7 Å². The van der Waals surface area contributed by atoms with Crippen LogP contribution >= 0.6 is 0 Å². The second-order valence-electron chi connectivity index (χ2n) is 4.21. The molecule has 0 saturated carbocycles. The molecule has 1 aromatic heterocycles. The van der Waals surface area contributed by atoms with Crippen molar-refractivity contribution in [1.82, 2.24) is 20.6 Å². The lowest BCUT2D eigenvalue weighted by Crippen LogP contribution is -2.01. The molecule has 0 radical (unpaired) electrons. The molecule has 1 heterocycles. The molecule has 0 atom stereocenters. The average molecular weight is 284 g/mol. The molecule has 0 fully saturated rings. The predicted molar refractivity (Wildman–Crippen MR) is 83.7 cm³/mol. The quantitative estimate of drug-likeness (QED) is 0.415. The number of nitrogens with two attached hydrogens (primary N) is 4. The van der Waals surface area contributed by atoms with Crippen molar-refractivity contribution in [1.29, 1.82) is 0 Å². The first-order valence-corrected chi connectivity index (χ1v) is 6.05. The van der Waals surface area contributed by atoms with Crippen molar-refractivity contribution in [3.05, 3.63) is 42.7 Å². The Labute approximate surface area is 121 Å². The zero-order valence-corrected chi connectivity index (χ0v) is 11.2. The second kappa shape index (κ2) is 6.24. The van der Waals surface area contributed by atoms with E-state index in [0.29, 0.717) is 22.7 Å². The van der Waals surface area contributed by atoms with E-state index in [2.05, 4.69) is 20.6 Å². The highest BCUT2D eigenvalue weighted by Gasteiger charge is 2.07. The Balaban J connectivity index is 0.000000272. The van der Waals surface area contributed by atoms with Gasteiger partial charge in [-0.05, 0) is 23.8 Å². The lowest BCUT2D eigenvalue weighted by molar-refractivity contribution is 0.881. The third-order valence-electron chi connectivity index (χ3n) is 2.81. The van der Waals surface area contributed by atoms with Crippen molar-refractivity contribution < 1.29 is 0 Å². The smallest absolute Gasteiger partial charge is 0.161 e. The molecule has 0 aliphatic heterocycles. The molecule has 0 saturated heterocycles. The van der Waals surface area contributed by atoms with Gasteiger partial charge in [-0.3, -0.25) is 0 Å². The molecule has 0 aliphatic carbocycles. The topological polar surface area (TPSA) is 159 Å². The van der Waals surface area contributed by atoms with Gasteiger partial charge in [0.25, 0.3) is 0 Å². The number of benzene rings is 2. The molecule has 108 valence electrons. The van der Waals surface area contributed by atoms with Gasteiger partial charge in [-0.15, -0.1) is 10.2 Å². The number of aromatic nitrogens is 4. The van der Waals surface area contributed by atoms with Gasteiger partial charge in [0, 0.05) is 11.3 Å². The van der Waals surface area contributed by atoms with Crippen molar-refractivity contribution in [3.8, 4) is 11.1 Å². The molecule has 9 N–H and O–H groups in total. The van der Waals surface area contributed by atoms with Crippen molar-refractivity contribution in [3.63, 3.8) is 0 Å². The Morgan fingerprint density at radius 3 is 2.05 bits per heavy atom. The Bertz CT molecular complexity index is 674. The number of rotatable bonds is 1. The molecular formula is C13H16N8. The highest BCUT2D eigenvalue weighted by molar-refractivity contribution is 5.90. The molecule has 0 amide bonds. The summed E-state index contributed by atoms with van der Waals surface area (Å²) in [6.07, 6.45) is 1.33. The average Bonchev–Trinajstić information content (AvgIpc) is 3.06. The van der Waals surface area contributed by atoms with Crippen LogP contribution in [0.4, 0.5) is 22.7 Å². The van der Waals surface area contributed by atoms with Crippen LogP contribution in [-0.2, 0) is 0 Å². The minimum Gasteiger partial charge on any atom is -0.399 e. The minimum atomic E-state index is 0.425. The Morgan fingerprint density at radius 1 is 0.810 bits per heavy atom. The van der Waals surface area contributed by atoms with Gasteiger partial charge < -0.3 is 22.9 Å². The zero-order chi connectivity index (χ0) is 15.2. The summed E-state index contributed by atoms with van der Waals surface area (Å²) in [5, 5.41) is 12.2. The molecule has 3 aromatic rings. The highest BCUT2D eigenvalue weighted by Crippen LogP contribution is 2.33. The second-order valence-corrected chi connectivity index (χ2v) is 4.21. The van der Waals surface area contributed by atoms with Crippen LogP contribution in [0.5, 0.6) is 0 Å². The van der Waals surface area contributed by atoms with Crippen LogP contribution in [0.25, 0.3) is 11.1 Å². The van der Waals surface area contributed by atoms with E-state index in [1.807, 2.05) is 30.3 Å². The van der Waals surface area contributed by atoms with E-state index in [0.717, 1.165) is 11.1 Å². The lowest BCUT2D eigenvalue weighted by Gasteiger charge is -2.10. The molecule has 3 rings (SSSR count). The lowest BCUT2D eigenvalue weighted by atomic mass is 10.0. The number of tetrazole rings is 1. The Kier molecular flexibility index (Phi) is 4.20. The van der Waals surface area contributed by atoms with Gasteiger partial charge in [-0.2, -0.15) is 5.21 Å². The van der Waals surface area contributed by atoms with E-state index in [-0.39, 0.29) is 0 Å². The van der Waals surface area contributed by atoms with Gasteiger partial charge >= 0.3 is 0 Å². The van der Waals surface area contributed by atoms with Gasteiger partial charge in [0.1, 0.15) is 0 Å². The first kappa shape index (κ1) is 14.1. The maximum atomic E-state index is 5.92. The molecule has 2 aromatic carbocycles. The number of anilines is 4. The van der Waals surface area contributed by atoms with Gasteiger partial charge in [0.15, 0.2) is 6.33 Å². The largest absolute Gasteiger partial charge is 0.399 e. The van der Waals surface area contributed by atoms with E-state index in [1.165, 1.54) is 6.33 Å². The summed E-state index contributed by atoms with van der Waals surface area (Å²) >= 11 is 0. The maximum absolute atomic E-state index is 5.92. The highest BCUT2D eigenvalue weighted by atomic mass is 15.5. The van der Waals surface area contributed by atoms with Crippen molar-refractivity contribution in [2.75, 3.05) is 22.9 Å². The number of nitrogen functional groups attached to an aromatic ring is 4. The van der Waals surface area contributed by atoms with Gasteiger partial charge in [0.05, 0.1) is 17.1 Å². The SMILES string of the molecule is Nc1ccc(-c2ccc(N)c(N)c2N)cc1.c1nn[nH]n1. The van der Waals surface area contributed by atoms with Crippen molar-refractivity contribution in [2.45, 2.75) is 0 Å². The molecular weight excluding hydrogens is 268 g/mol. The van der Waals surface area contributed by atoms with E-state index in [9.17, 15) is 0 Å². The van der Waals surface area contributed by atoms with Crippen LogP contribution in [0.2, 0.25) is 0 Å². The summed E-state index contributed by atoms with van der Waals surface area (Å²) < 4.78 is 0. The van der Waals surface area contributed by atoms with E-state index < -0.39 is 0 Å². The Morgan fingerprint density at radius 2 is 1.52 bits per heavy atom. The monoisotopic (exact) mass is 284 g/mol. The van der Waals surface area contributed by atoms with Crippen LogP contribution in [0.15, 0.2) is 42.7 Å². The molecule has 0 bridgehead atoms. The summed E-state index contributed by atoms with van der Waals surface area (Å²) in [5.41, 5.74) is 27.0. The van der Waals surface area contributed by atoms with Crippen LogP contribution in [-0.4, -0.2) is 20.6 Å². The number of nitrogens with zero attached hydrogens (tertiary/aromatic N) is 3. The van der Waals surface area contributed by atoms with Crippen LogP contribution < -0.4 is 22.9 Å². The number of nitrogens with one attached hydrogen (secondary N) is 1. The third kappa shape index (κ3) is 3.38. The van der Waals surface area contributed by atoms with E-state index in [1.54, 1.807) is 6.07 Å². The van der Waals surface area contributed by atoms with Crippen LogP contribution in [0.3, 0.4) is 0 Å². The normalized spacial score (nSPS) is 9.71. The van der Waals surface area contributed by atoms with Gasteiger partial charge in [-0.25, -0.2) is 0 Å². The number of hydrogen-bond acceptors (Lipinski definition) is 7. The van der Waals surface area contributed by atoms with E-state index >= 15 is 0 Å². The fourth-order valence-corrected chi connectivity index (χ4v) is 1.70. The number of hydrogen-bond donors (Lipinski definition) is 5. The summed E-state index contributed by atoms with van der Waals surface area (Å²) in [4.78, 5) is 0. The van der Waals surface area contributed by atoms with Gasteiger partial charge in [-0.1, -0.05) is 23.4 Å². The van der Waals surface area contributed by atoms with Crippen LogP contribution in [0.1, 0.15) is 0 Å². The predicted octanol–water partition coefficient (Wildman–Crippen LogP) is 0.882. The summed E-state index contributed by atoms with van der Waals surface area (Å²) in [6, 6.07) is 11.0. The Hall–Kier alpha value is -3.29. The first-order chi connectivity index (χ1) is 10.1. The zero-order valence-electron chi connectivity index (χ0n) is 11.2. The minimum absolute atomic E-state index is 0.425. The molecule has 0 spiro atoms. The summed E-state index contributed by atoms with van der Waals surface area (Å²) in [7, 11) is 0. The summed E-state index contributed by atoms with van der Waals surface area (Å²) in [5.74, 6) is 0. The van der Waals surface area contributed by atoms with E-state index in [4.69, 9.17) is 22.9 Å². The maximum Gasteiger partial charge on any atom is 0.161 e. The fraction of sp³-hybridized carbons (Fsp3) is 0. The molecule has 0 aliphatic rings. The third-order valence-corrected chi connectivity index (χ3v) is 2.81. The summed E-state index contributed by atoms with van der Waals surface area (Å²) in [6.45, 7) is 0. The van der Waals surface area contributed by atoms with Crippen LogP contribution in [0, 0.1) is 0 Å². The standard InChI is InChI=1S/C12H14N4.CH2N4/c13-8-3-1-7(2-4-8)9-5-6-10(14)12(16)11(9)15;1-2-4-5-3-1/h1-6H,13-16H2;1H,(H,2,3,4,5).